The second kappa shape index (κ2) is 6.22. The number of aryl methyl sites for hydroxylation is 1. The van der Waals surface area contributed by atoms with Crippen molar-refractivity contribution in [3.8, 4) is 17.1 Å². The Morgan fingerprint density at radius 3 is 2.40 bits per heavy atom. The first-order chi connectivity index (χ1) is 9.51. The molecule has 1 aromatic heterocycles. The molecule has 2 aromatic rings. The molecule has 0 amide bonds. The lowest BCUT2D eigenvalue weighted by Gasteiger charge is -2.11. The molecule has 1 heterocycles. The van der Waals surface area contributed by atoms with Gasteiger partial charge in [0.15, 0.2) is 5.82 Å². The number of nitrogens with two attached hydrogens (primary N) is 1. The van der Waals surface area contributed by atoms with E-state index in [1.807, 2.05) is 45.0 Å². The normalized spacial score (nSPS) is 10.8. The number of ether oxygens (including phenoxy) is 1. The van der Waals surface area contributed by atoms with E-state index in [9.17, 15) is 0 Å². The third kappa shape index (κ3) is 3.28. The largest absolute Gasteiger partial charge is 0.491 e. The molecule has 20 heavy (non-hydrogen) atoms. The summed E-state index contributed by atoms with van der Waals surface area (Å²) in [7, 11) is 0. The SMILES string of the molecule is CCc1nc(-c2ccc(OC(C)C)cc2)nc(N)c1Br. The lowest BCUT2D eigenvalue weighted by atomic mass is 10.2. The maximum atomic E-state index is 5.91. The highest BCUT2D eigenvalue weighted by Gasteiger charge is 2.10. The number of nitrogen functional groups attached to an aromatic ring is 1. The quantitative estimate of drug-likeness (QED) is 0.922. The predicted molar refractivity (Wildman–Crippen MR) is 84.7 cm³/mol. The minimum atomic E-state index is 0.159. The molecule has 0 aliphatic heterocycles. The van der Waals surface area contributed by atoms with Crippen LogP contribution in [0.3, 0.4) is 0 Å². The maximum Gasteiger partial charge on any atom is 0.161 e. The van der Waals surface area contributed by atoms with E-state index in [0.29, 0.717) is 11.6 Å². The molecule has 2 N–H and O–H groups in total. The molecule has 0 saturated carbocycles. The highest BCUT2D eigenvalue weighted by atomic mass is 79.9. The smallest absolute Gasteiger partial charge is 0.161 e. The topological polar surface area (TPSA) is 61.0 Å². The van der Waals surface area contributed by atoms with Crippen LogP contribution in [0.5, 0.6) is 5.75 Å². The number of halogens is 1. The molecule has 2 rings (SSSR count). The van der Waals surface area contributed by atoms with Crippen LogP contribution in [0.2, 0.25) is 0 Å². The van der Waals surface area contributed by atoms with E-state index < -0.39 is 0 Å². The molecular formula is C15H18BrN3O. The van der Waals surface area contributed by atoms with Crippen molar-refractivity contribution in [1.29, 1.82) is 0 Å². The van der Waals surface area contributed by atoms with Gasteiger partial charge in [-0.25, -0.2) is 9.97 Å². The van der Waals surface area contributed by atoms with Gasteiger partial charge in [0.25, 0.3) is 0 Å². The van der Waals surface area contributed by atoms with Gasteiger partial charge in [-0.1, -0.05) is 6.92 Å². The molecule has 0 saturated heterocycles. The summed E-state index contributed by atoms with van der Waals surface area (Å²) in [6.45, 7) is 6.04. The van der Waals surface area contributed by atoms with Gasteiger partial charge in [0.1, 0.15) is 11.6 Å². The number of rotatable bonds is 4. The fourth-order valence-corrected chi connectivity index (χ4v) is 2.29. The number of aromatic nitrogens is 2. The number of hydrogen-bond acceptors (Lipinski definition) is 4. The lowest BCUT2D eigenvalue weighted by Crippen LogP contribution is -2.05. The molecule has 0 spiro atoms. The average molecular weight is 336 g/mol. The molecule has 0 atom stereocenters. The Hall–Kier alpha value is -1.62. The molecular weight excluding hydrogens is 318 g/mol. The summed E-state index contributed by atoms with van der Waals surface area (Å²) in [6.07, 6.45) is 0.960. The number of benzene rings is 1. The number of hydrogen-bond donors (Lipinski definition) is 1. The van der Waals surface area contributed by atoms with E-state index in [1.165, 1.54) is 0 Å². The molecule has 0 fully saturated rings. The molecule has 0 bridgehead atoms. The molecule has 5 heteroatoms. The van der Waals surface area contributed by atoms with Crippen molar-refractivity contribution in [2.45, 2.75) is 33.3 Å². The summed E-state index contributed by atoms with van der Waals surface area (Å²) in [6, 6.07) is 7.73. The van der Waals surface area contributed by atoms with Gasteiger partial charge in [-0.05, 0) is 60.5 Å². The van der Waals surface area contributed by atoms with Crippen molar-refractivity contribution in [3.05, 3.63) is 34.4 Å². The Labute approximate surface area is 127 Å². The fraction of sp³-hybridized carbons (Fsp3) is 0.333. The Morgan fingerprint density at radius 2 is 1.85 bits per heavy atom. The standard InChI is InChI=1S/C15H18BrN3O/c1-4-12-13(16)14(17)19-15(18-12)10-5-7-11(8-6-10)20-9(2)3/h5-9H,4H2,1-3H3,(H2,17,18,19). The second-order valence-corrected chi connectivity index (χ2v) is 5.53. The van der Waals surface area contributed by atoms with Crippen LogP contribution < -0.4 is 10.5 Å². The van der Waals surface area contributed by atoms with Crippen molar-refractivity contribution in [3.63, 3.8) is 0 Å². The van der Waals surface area contributed by atoms with Crippen molar-refractivity contribution in [2.24, 2.45) is 0 Å². The van der Waals surface area contributed by atoms with Gasteiger partial charge in [0.2, 0.25) is 0 Å². The minimum absolute atomic E-state index is 0.159. The first kappa shape index (κ1) is 14.8. The lowest BCUT2D eigenvalue weighted by molar-refractivity contribution is 0.242. The van der Waals surface area contributed by atoms with Crippen LogP contribution in [0.4, 0.5) is 5.82 Å². The van der Waals surface area contributed by atoms with Gasteiger partial charge in [0.05, 0.1) is 16.3 Å². The van der Waals surface area contributed by atoms with Gasteiger partial charge in [0, 0.05) is 5.56 Å². The Kier molecular flexibility index (Phi) is 4.60. The first-order valence-corrected chi connectivity index (χ1v) is 7.39. The first-order valence-electron chi connectivity index (χ1n) is 6.60. The van der Waals surface area contributed by atoms with Crippen molar-refractivity contribution in [1.82, 2.24) is 9.97 Å². The van der Waals surface area contributed by atoms with E-state index in [2.05, 4.69) is 25.9 Å². The molecule has 0 unspecified atom stereocenters. The van der Waals surface area contributed by atoms with Crippen molar-refractivity contribution in [2.75, 3.05) is 5.73 Å². The highest BCUT2D eigenvalue weighted by Crippen LogP contribution is 2.26. The van der Waals surface area contributed by atoms with Gasteiger partial charge < -0.3 is 10.5 Å². The zero-order chi connectivity index (χ0) is 14.7. The maximum absolute atomic E-state index is 5.91. The summed E-state index contributed by atoms with van der Waals surface area (Å²) in [5, 5.41) is 0. The summed E-state index contributed by atoms with van der Waals surface area (Å²) in [4.78, 5) is 8.85. The van der Waals surface area contributed by atoms with E-state index in [0.717, 1.165) is 27.9 Å². The van der Waals surface area contributed by atoms with Crippen LogP contribution in [-0.4, -0.2) is 16.1 Å². The molecule has 0 aliphatic carbocycles. The molecule has 106 valence electrons. The van der Waals surface area contributed by atoms with Crippen LogP contribution in [-0.2, 0) is 6.42 Å². The van der Waals surface area contributed by atoms with Crippen molar-refractivity contribution >= 4 is 21.7 Å². The monoisotopic (exact) mass is 335 g/mol. The summed E-state index contributed by atoms with van der Waals surface area (Å²) in [5.41, 5.74) is 7.75. The Morgan fingerprint density at radius 1 is 1.20 bits per heavy atom. The summed E-state index contributed by atoms with van der Waals surface area (Å²) >= 11 is 3.42. The third-order valence-electron chi connectivity index (χ3n) is 2.76. The van der Waals surface area contributed by atoms with Crippen LogP contribution >= 0.6 is 15.9 Å². The van der Waals surface area contributed by atoms with Gasteiger partial charge in [-0.3, -0.25) is 0 Å². The van der Waals surface area contributed by atoms with Gasteiger partial charge in [-0.15, -0.1) is 0 Å². The average Bonchev–Trinajstić information content (AvgIpc) is 2.42. The third-order valence-corrected chi connectivity index (χ3v) is 3.63. The molecule has 0 radical (unpaired) electrons. The number of anilines is 1. The predicted octanol–water partition coefficient (Wildman–Crippen LogP) is 3.84. The van der Waals surface area contributed by atoms with Crippen LogP contribution in [0.25, 0.3) is 11.4 Å². The second-order valence-electron chi connectivity index (χ2n) is 4.74. The fourth-order valence-electron chi connectivity index (χ4n) is 1.83. The van der Waals surface area contributed by atoms with Crippen LogP contribution in [0.15, 0.2) is 28.7 Å². The van der Waals surface area contributed by atoms with E-state index in [-0.39, 0.29) is 6.10 Å². The zero-order valence-corrected chi connectivity index (χ0v) is 13.4. The highest BCUT2D eigenvalue weighted by molar-refractivity contribution is 9.10. The van der Waals surface area contributed by atoms with Crippen LogP contribution in [0, 0.1) is 0 Å². The summed E-state index contributed by atoms with van der Waals surface area (Å²) < 4.78 is 6.40. The van der Waals surface area contributed by atoms with E-state index in [1.54, 1.807) is 0 Å². The Balaban J connectivity index is 2.34. The minimum Gasteiger partial charge on any atom is -0.491 e. The van der Waals surface area contributed by atoms with E-state index >= 15 is 0 Å². The zero-order valence-electron chi connectivity index (χ0n) is 11.9. The summed E-state index contributed by atoms with van der Waals surface area (Å²) in [5.74, 6) is 1.94. The number of nitrogens with zero attached hydrogens (tertiary/aromatic N) is 2. The Bertz CT molecular complexity index is 597. The van der Waals surface area contributed by atoms with E-state index in [4.69, 9.17) is 10.5 Å². The van der Waals surface area contributed by atoms with Crippen LogP contribution in [0.1, 0.15) is 26.5 Å². The molecule has 1 aromatic carbocycles. The van der Waals surface area contributed by atoms with Crippen molar-refractivity contribution < 1.29 is 4.74 Å². The van der Waals surface area contributed by atoms with Gasteiger partial charge in [-0.2, -0.15) is 0 Å². The molecule has 4 nitrogen and oxygen atoms in total. The molecule has 0 aliphatic rings. The van der Waals surface area contributed by atoms with Gasteiger partial charge >= 0.3 is 0 Å².